The lowest BCUT2D eigenvalue weighted by Gasteiger charge is -2.38. The molecule has 0 saturated heterocycles. The van der Waals surface area contributed by atoms with Gasteiger partial charge < -0.3 is 10.6 Å². The van der Waals surface area contributed by atoms with Gasteiger partial charge in [0.05, 0.1) is 11.1 Å². The van der Waals surface area contributed by atoms with Crippen molar-refractivity contribution in [3.63, 3.8) is 0 Å². The highest BCUT2D eigenvalue weighted by Crippen LogP contribution is 2.32. The fraction of sp³-hybridized carbons (Fsp3) is 0.519. The number of carbonyl (C=O) groups excluding carboxylic acids is 1. The van der Waals surface area contributed by atoms with E-state index in [1.165, 1.54) is 22.3 Å². The van der Waals surface area contributed by atoms with Gasteiger partial charge in [0.2, 0.25) is 0 Å². The molecule has 2 amide bonds. The molecule has 2 N–H and O–H groups in total. The van der Waals surface area contributed by atoms with Gasteiger partial charge in [-0.15, -0.1) is 0 Å². The SMILES string of the molecule is CCc1ccc(C(CC)(CC)NC(=O)NC(CC)(CC)c2ccc(CC)cc2)cc1. The molecule has 0 aliphatic heterocycles. The number of hydrogen-bond acceptors (Lipinski definition) is 1. The Balaban J connectivity index is 2.28. The summed E-state index contributed by atoms with van der Waals surface area (Å²) in [7, 11) is 0. The lowest BCUT2D eigenvalue weighted by molar-refractivity contribution is 0.201. The minimum absolute atomic E-state index is 0.0958. The molecule has 0 radical (unpaired) electrons. The molecule has 0 saturated carbocycles. The Bertz CT molecular complexity index is 717. The molecule has 164 valence electrons. The third-order valence-electron chi connectivity index (χ3n) is 6.95. The van der Waals surface area contributed by atoms with Crippen LogP contribution in [0.2, 0.25) is 0 Å². The second-order valence-electron chi connectivity index (χ2n) is 8.26. The van der Waals surface area contributed by atoms with Gasteiger partial charge in [0.1, 0.15) is 0 Å². The van der Waals surface area contributed by atoms with Crippen molar-refractivity contribution < 1.29 is 4.79 Å². The van der Waals surface area contributed by atoms with Crippen molar-refractivity contribution in [2.75, 3.05) is 0 Å². The van der Waals surface area contributed by atoms with E-state index in [-0.39, 0.29) is 17.1 Å². The van der Waals surface area contributed by atoms with E-state index < -0.39 is 0 Å². The molecule has 3 nitrogen and oxygen atoms in total. The lowest BCUT2D eigenvalue weighted by atomic mass is 9.83. The first-order valence-electron chi connectivity index (χ1n) is 11.7. The molecule has 0 aliphatic carbocycles. The van der Waals surface area contributed by atoms with E-state index in [9.17, 15) is 4.79 Å². The molecule has 2 aromatic carbocycles. The molecular weight excluding hydrogens is 368 g/mol. The quantitative estimate of drug-likeness (QED) is 0.444. The van der Waals surface area contributed by atoms with Crippen LogP contribution in [0, 0.1) is 0 Å². The molecule has 0 unspecified atom stereocenters. The fourth-order valence-electron chi connectivity index (χ4n) is 4.40. The van der Waals surface area contributed by atoms with Crippen LogP contribution in [0.5, 0.6) is 0 Å². The highest BCUT2D eigenvalue weighted by atomic mass is 16.2. The van der Waals surface area contributed by atoms with Crippen LogP contribution in [0.3, 0.4) is 0 Å². The van der Waals surface area contributed by atoms with Crippen molar-refractivity contribution >= 4 is 6.03 Å². The predicted octanol–water partition coefficient (Wildman–Crippen LogP) is 6.84. The topological polar surface area (TPSA) is 41.1 Å². The largest absolute Gasteiger partial charge is 0.329 e. The third-order valence-corrected chi connectivity index (χ3v) is 6.95. The number of amides is 2. The van der Waals surface area contributed by atoms with Gasteiger partial charge in [-0.05, 0) is 60.8 Å². The van der Waals surface area contributed by atoms with Crippen molar-refractivity contribution in [1.82, 2.24) is 10.6 Å². The van der Waals surface area contributed by atoms with E-state index in [0.29, 0.717) is 0 Å². The minimum Gasteiger partial charge on any atom is -0.329 e. The first kappa shape index (κ1) is 24.0. The zero-order valence-electron chi connectivity index (χ0n) is 19.8. The van der Waals surface area contributed by atoms with E-state index in [1.807, 2.05) is 0 Å². The van der Waals surface area contributed by atoms with Gasteiger partial charge in [-0.1, -0.05) is 90.1 Å². The maximum Gasteiger partial charge on any atom is 0.316 e. The maximum atomic E-state index is 13.3. The first-order valence-corrected chi connectivity index (χ1v) is 11.7. The minimum atomic E-state index is -0.365. The molecule has 0 aromatic heterocycles. The van der Waals surface area contributed by atoms with E-state index in [1.54, 1.807) is 0 Å². The van der Waals surface area contributed by atoms with Crippen LogP contribution in [0.1, 0.15) is 89.5 Å². The Morgan fingerprint density at radius 3 is 1.13 bits per heavy atom. The van der Waals surface area contributed by atoms with Crippen molar-refractivity contribution in [3.8, 4) is 0 Å². The summed E-state index contributed by atoms with van der Waals surface area (Å²) >= 11 is 0. The molecule has 2 rings (SSSR count). The number of aryl methyl sites for hydroxylation is 2. The predicted molar refractivity (Wildman–Crippen MR) is 128 cm³/mol. The van der Waals surface area contributed by atoms with Crippen LogP contribution >= 0.6 is 0 Å². The van der Waals surface area contributed by atoms with E-state index in [0.717, 1.165) is 38.5 Å². The zero-order chi connectivity index (χ0) is 22.2. The number of carbonyl (C=O) groups is 1. The van der Waals surface area contributed by atoms with Crippen LogP contribution in [0.25, 0.3) is 0 Å². The zero-order valence-corrected chi connectivity index (χ0v) is 19.8. The van der Waals surface area contributed by atoms with E-state index >= 15 is 0 Å². The smallest absolute Gasteiger partial charge is 0.316 e. The molecule has 0 atom stereocenters. The first-order chi connectivity index (χ1) is 14.4. The summed E-state index contributed by atoms with van der Waals surface area (Å²) in [5.74, 6) is 0. The summed E-state index contributed by atoms with van der Waals surface area (Å²) in [6.07, 6.45) is 5.42. The summed E-state index contributed by atoms with van der Waals surface area (Å²) < 4.78 is 0. The number of nitrogens with one attached hydrogen (secondary N) is 2. The average molecular weight is 409 g/mol. The molecule has 0 heterocycles. The van der Waals surface area contributed by atoms with Crippen LogP contribution in [-0.4, -0.2) is 6.03 Å². The Hall–Kier alpha value is -2.29. The molecule has 30 heavy (non-hydrogen) atoms. The van der Waals surface area contributed by atoms with Gasteiger partial charge in [-0.2, -0.15) is 0 Å². The van der Waals surface area contributed by atoms with E-state index in [4.69, 9.17) is 0 Å². The van der Waals surface area contributed by atoms with Crippen molar-refractivity contribution in [2.24, 2.45) is 0 Å². The monoisotopic (exact) mass is 408 g/mol. The van der Waals surface area contributed by atoms with Crippen LogP contribution < -0.4 is 10.6 Å². The second-order valence-corrected chi connectivity index (χ2v) is 8.26. The van der Waals surface area contributed by atoms with Crippen LogP contribution in [-0.2, 0) is 23.9 Å². The third kappa shape index (κ3) is 5.06. The highest BCUT2D eigenvalue weighted by Gasteiger charge is 2.35. The van der Waals surface area contributed by atoms with Gasteiger partial charge in [-0.3, -0.25) is 0 Å². The Labute approximate surface area is 183 Å². The molecular formula is C27H40N2O. The number of urea groups is 1. The molecule has 0 bridgehead atoms. The maximum absolute atomic E-state index is 13.3. The van der Waals surface area contributed by atoms with Crippen molar-refractivity contribution in [1.29, 1.82) is 0 Å². The average Bonchev–Trinajstić information content (AvgIpc) is 2.81. The Kier molecular flexibility index (Phi) is 8.52. The Morgan fingerprint density at radius 1 is 0.600 bits per heavy atom. The number of rotatable bonds is 10. The molecule has 0 spiro atoms. The van der Waals surface area contributed by atoms with Gasteiger partial charge in [0.25, 0.3) is 0 Å². The molecule has 0 aliphatic rings. The standard InChI is InChI=1S/C27H40N2O/c1-7-21-13-17-23(18-14-21)26(9-3,10-4)28-25(30)29-27(11-5,12-6)24-19-15-22(8-2)16-20-24/h13-20H,7-12H2,1-6H3,(H2,28,29,30). The lowest BCUT2D eigenvalue weighted by Crippen LogP contribution is -2.55. The Morgan fingerprint density at radius 2 is 0.900 bits per heavy atom. The second kappa shape index (κ2) is 10.7. The van der Waals surface area contributed by atoms with E-state index in [2.05, 4.69) is 101 Å². The molecule has 0 fully saturated rings. The van der Waals surface area contributed by atoms with Crippen LogP contribution in [0.4, 0.5) is 4.79 Å². The normalized spacial score (nSPS) is 11.9. The number of hydrogen-bond donors (Lipinski definition) is 2. The number of benzene rings is 2. The van der Waals surface area contributed by atoms with Gasteiger partial charge in [0, 0.05) is 0 Å². The van der Waals surface area contributed by atoms with Gasteiger partial charge >= 0.3 is 6.03 Å². The van der Waals surface area contributed by atoms with Crippen molar-refractivity contribution in [2.45, 2.75) is 91.1 Å². The summed E-state index contributed by atoms with van der Waals surface area (Å²) in [4.78, 5) is 13.3. The summed E-state index contributed by atoms with van der Waals surface area (Å²) in [6.45, 7) is 12.9. The van der Waals surface area contributed by atoms with Gasteiger partial charge in [0.15, 0.2) is 0 Å². The molecule has 3 heteroatoms. The fourth-order valence-corrected chi connectivity index (χ4v) is 4.40. The van der Waals surface area contributed by atoms with Crippen LogP contribution in [0.15, 0.2) is 48.5 Å². The highest BCUT2D eigenvalue weighted by molar-refractivity contribution is 5.76. The van der Waals surface area contributed by atoms with Crippen molar-refractivity contribution in [3.05, 3.63) is 70.8 Å². The summed E-state index contributed by atoms with van der Waals surface area (Å²) in [6, 6.07) is 17.3. The summed E-state index contributed by atoms with van der Waals surface area (Å²) in [5.41, 5.74) is 4.24. The summed E-state index contributed by atoms with van der Waals surface area (Å²) in [5, 5.41) is 6.70. The van der Waals surface area contributed by atoms with Gasteiger partial charge in [-0.25, -0.2) is 4.79 Å². The molecule has 2 aromatic rings.